The van der Waals surface area contributed by atoms with E-state index < -0.39 is 6.10 Å². The van der Waals surface area contributed by atoms with Gasteiger partial charge in [0.2, 0.25) is 0 Å². The van der Waals surface area contributed by atoms with Crippen LogP contribution in [0.15, 0.2) is 88.5 Å². The van der Waals surface area contributed by atoms with E-state index in [2.05, 4.69) is 15.6 Å². The molecule has 3 rings (SSSR count). The minimum absolute atomic E-state index is 0.380. The topological polar surface area (TPSA) is 69.8 Å². The minimum Gasteiger partial charge on any atom is -0.469 e. The summed E-state index contributed by atoms with van der Waals surface area (Å²) in [5, 5.41) is 16.9. The fraction of sp³-hybridized carbons (Fsp3) is 0.227. The van der Waals surface area contributed by atoms with Crippen LogP contribution in [0, 0.1) is 0 Å². The third-order valence-corrected chi connectivity index (χ3v) is 4.15. The molecule has 140 valence electrons. The van der Waals surface area contributed by atoms with Crippen molar-refractivity contribution in [2.24, 2.45) is 4.99 Å². The average Bonchev–Trinajstić information content (AvgIpc) is 3.24. The van der Waals surface area contributed by atoms with Crippen LogP contribution in [-0.4, -0.2) is 24.2 Å². The molecule has 0 fully saturated rings. The molecule has 3 N–H and O–H groups in total. The van der Waals surface area contributed by atoms with Gasteiger partial charge in [0, 0.05) is 19.5 Å². The molecule has 0 saturated heterocycles. The SMILES string of the molecule is OC(CNC(=NCc1ccccc1)NCCc1ccco1)c1ccccc1. The lowest BCUT2D eigenvalue weighted by Gasteiger charge is -2.16. The lowest BCUT2D eigenvalue weighted by molar-refractivity contribution is 0.181. The van der Waals surface area contributed by atoms with E-state index in [0.717, 1.165) is 23.3 Å². The molecular weight excluding hydrogens is 338 g/mol. The van der Waals surface area contributed by atoms with E-state index >= 15 is 0 Å². The van der Waals surface area contributed by atoms with Gasteiger partial charge in [-0.3, -0.25) is 0 Å². The summed E-state index contributed by atoms with van der Waals surface area (Å²) in [4.78, 5) is 4.63. The van der Waals surface area contributed by atoms with Gasteiger partial charge >= 0.3 is 0 Å². The highest BCUT2D eigenvalue weighted by Crippen LogP contribution is 2.10. The van der Waals surface area contributed by atoms with Crippen molar-refractivity contribution in [3.63, 3.8) is 0 Å². The van der Waals surface area contributed by atoms with Crippen LogP contribution in [0.5, 0.6) is 0 Å². The van der Waals surface area contributed by atoms with Gasteiger partial charge in [-0.25, -0.2) is 4.99 Å². The molecule has 0 amide bonds. The Labute approximate surface area is 159 Å². The second-order valence-electron chi connectivity index (χ2n) is 6.21. The molecule has 1 aromatic heterocycles. The van der Waals surface area contributed by atoms with Crippen LogP contribution in [0.2, 0.25) is 0 Å². The Kier molecular flexibility index (Phi) is 7.07. The molecule has 0 aliphatic carbocycles. The van der Waals surface area contributed by atoms with E-state index in [4.69, 9.17) is 4.42 Å². The van der Waals surface area contributed by atoms with Gasteiger partial charge < -0.3 is 20.2 Å². The Morgan fingerprint density at radius 2 is 1.67 bits per heavy atom. The summed E-state index contributed by atoms with van der Waals surface area (Å²) >= 11 is 0. The van der Waals surface area contributed by atoms with Gasteiger partial charge in [0.25, 0.3) is 0 Å². The Morgan fingerprint density at radius 1 is 0.926 bits per heavy atom. The molecule has 0 spiro atoms. The Morgan fingerprint density at radius 3 is 2.37 bits per heavy atom. The minimum atomic E-state index is -0.597. The van der Waals surface area contributed by atoms with Crippen molar-refractivity contribution in [3.8, 4) is 0 Å². The van der Waals surface area contributed by atoms with Crippen LogP contribution in [0.3, 0.4) is 0 Å². The maximum Gasteiger partial charge on any atom is 0.191 e. The number of hydrogen-bond acceptors (Lipinski definition) is 3. The lowest BCUT2D eigenvalue weighted by atomic mass is 10.1. The van der Waals surface area contributed by atoms with Gasteiger partial charge in [-0.15, -0.1) is 0 Å². The number of aliphatic hydroxyl groups excluding tert-OH is 1. The molecule has 0 saturated carbocycles. The summed E-state index contributed by atoms with van der Waals surface area (Å²) in [6, 6.07) is 23.5. The molecule has 2 aromatic carbocycles. The second-order valence-corrected chi connectivity index (χ2v) is 6.21. The van der Waals surface area contributed by atoms with Crippen LogP contribution in [0.1, 0.15) is 23.0 Å². The first-order chi connectivity index (χ1) is 13.3. The normalized spacial score (nSPS) is 12.6. The lowest BCUT2D eigenvalue weighted by Crippen LogP contribution is -2.40. The molecular formula is C22H25N3O2. The fourth-order valence-corrected chi connectivity index (χ4v) is 2.67. The largest absolute Gasteiger partial charge is 0.469 e. The molecule has 5 heteroatoms. The third-order valence-electron chi connectivity index (χ3n) is 4.15. The van der Waals surface area contributed by atoms with Crippen LogP contribution >= 0.6 is 0 Å². The number of rotatable bonds is 8. The van der Waals surface area contributed by atoms with Gasteiger partial charge in [-0.05, 0) is 23.3 Å². The van der Waals surface area contributed by atoms with Crippen molar-refractivity contribution < 1.29 is 9.52 Å². The molecule has 0 aliphatic heterocycles. The molecule has 1 atom stereocenters. The smallest absolute Gasteiger partial charge is 0.191 e. The van der Waals surface area contributed by atoms with Crippen molar-refractivity contribution in [3.05, 3.63) is 95.9 Å². The molecule has 1 unspecified atom stereocenters. The molecule has 1 heterocycles. The van der Waals surface area contributed by atoms with Gasteiger partial charge in [0.15, 0.2) is 5.96 Å². The molecule has 27 heavy (non-hydrogen) atoms. The van der Waals surface area contributed by atoms with Gasteiger partial charge in [-0.1, -0.05) is 60.7 Å². The predicted octanol–water partition coefficient (Wildman–Crippen LogP) is 3.29. The van der Waals surface area contributed by atoms with Gasteiger partial charge in [0.05, 0.1) is 18.9 Å². The Balaban J connectivity index is 1.57. The second kappa shape index (κ2) is 10.2. The zero-order valence-electron chi connectivity index (χ0n) is 15.2. The van der Waals surface area contributed by atoms with E-state index in [0.29, 0.717) is 25.6 Å². The number of benzene rings is 2. The van der Waals surface area contributed by atoms with E-state index in [1.54, 1.807) is 6.26 Å². The Bertz CT molecular complexity index is 802. The van der Waals surface area contributed by atoms with E-state index in [9.17, 15) is 5.11 Å². The first-order valence-electron chi connectivity index (χ1n) is 9.13. The van der Waals surface area contributed by atoms with Crippen LogP contribution < -0.4 is 10.6 Å². The van der Waals surface area contributed by atoms with E-state index in [1.807, 2.05) is 72.8 Å². The first kappa shape index (κ1) is 18.7. The summed E-state index contributed by atoms with van der Waals surface area (Å²) in [6.07, 6.45) is 1.84. The van der Waals surface area contributed by atoms with E-state index in [1.165, 1.54) is 0 Å². The summed E-state index contributed by atoms with van der Waals surface area (Å²) in [7, 11) is 0. The molecule has 5 nitrogen and oxygen atoms in total. The molecule has 3 aromatic rings. The number of aliphatic imine (C=N–C) groups is 1. The molecule has 0 aliphatic rings. The Hall–Kier alpha value is -3.05. The number of nitrogens with zero attached hydrogens (tertiary/aromatic N) is 1. The van der Waals surface area contributed by atoms with Crippen molar-refractivity contribution in [2.45, 2.75) is 19.1 Å². The monoisotopic (exact) mass is 363 g/mol. The third kappa shape index (κ3) is 6.31. The maximum absolute atomic E-state index is 10.4. The van der Waals surface area contributed by atoms with Crippen molar-refractivity contribution in [1.82, 2.24) is 10.6 Å². The maximum atomic E-state index is 10.4. The number of furan rings is 1. The fourth-order valence-electron chi connectivity index (χ4n) is 2.67. The zero-order valence-corrected chi connectivity index (χ0v) is 15.2. The van der Waals surface area contributed by atoms with Crippen molar-refractivity contribution in [2.75, 3.05) is 13.1 Å². The molecule has 0 radical (unpaired) electrons. The standard InChI is InChI=1S/C22H25N3O2/c26-21(19-10-5-2-6-11-19)17-25-22(23-14-13-20-12-7-15-27-20)24-16-18-8-3-1-4-9-18/h1-12,15,21,26H,13-14,16-17H2,(H2,23,24,25). The van der Waals surface area contributed by atoms with Crippen LogP contribution in [0.25, 0.3) is 0 Å². The van der Waals surface area contributed by atoms with Gasteiger partial charge in [-0.2, -0.15) is 0 Å². The first-order valence-corrected chi connectivity index (χ1v) is 9.13. The quantitative estimate of drug-likeness (QED) is 0.424. The number of hydrogen-bond donors (Lipinski definition) is 3. The molecule has 0 bridgehead atoms. The average molecular weight is 363 g/mol. The number of aliphatic hydroxyl groups is 1. The highest BCUT2D eigenvalue weighted by Gasteiger charge is 2.08. The van der Waals surface area contributed by atoms with E-state index in [-0.39, 0.29) is 0 Å². The predicted molar refractivity (Wildman–Crippen MR) is 107 cm³/mol. The number of nitrogens with one attached hydrogen (secondary N) is 2. The van der Waals surface area contributed by atoms with Crippen LogP contribution in [-0.2, 0) is 13.0 Å². The highest BCUT2D eigenvalue weighted by atomic mass is 16.3. The summed E-state index contributed by atoms with van der Waals surface area (Å²) in [5.41, 5.74) is 2.01. The highest BCUT2D eigenvalue weighted by molar-refractivity contribution is 5.79. The van der Waals surface area contributed by atoms with Gasteiger partial charge in [0.1, 0.15) is 5.76 Å². The summed E-state index contributed by atoms with van der Waals surface area (Å²) in [6.45, 7) is 1.64. The van der Waals surface area contributed by atoms with Crippen molar-refractivity contribution >= 4 is 5.96 Å². The zero-order chi connectivity index (χ0) is 18.7. The summed E-state index contributed by atoms with van der Waals surface area (Å²) in [5.74, 6) is 1.59. The number of guanidine groups is 1. The van der Waals surface area contributed by atoms with Crippen LogP contribution in [0.4, 0.5) is 0 Å². The van der Waals surface area contributed by atoms with Crippen molar-refractivity contribution in [1.29, 1.82) is 0 Å². The summed E-state index contributed by atoms with van der Waals surface area (Å²) < 4.78 is 5.36.